The summed E-state index contributed by atoms with van der Waals surface area (Å²) >= 11 is 0. The van der Waals surface area contributed by atoms with Crippen molar-refractivity contribution in [2.45, 2.75) is 64.6 Å². The average molecular weight is 357 g/mol. The second-order valence-electron chi connectivity index (χ2n) is 7.34. The number of carbonyl (C=O) groups is 1. The van der Waals surface area contributed by atoms with Crippen molar-refractivity contribution in [3.63, 3.8) is 0 Å². The highest BCUT2D eigenvalue weighted by Crippen LogP contribution is 2.31. The molecular formula is C19H27N5O2. The lowest BCUT2D eigenvalue weighted by Gasteiger charge is -2.34. The molecule has 26 heavy (non-hydrogen) atoms. The smallest absolute Gasteiger partial charge is 0.223 e. The second kappa shape index (κ2) is 7.61. The summed E-state index contributed by atoms with van der Waals surface area (Å²) in [5, 5.41) is 12.2. The van der Waals surface area contributed by atoms with Gasteiger partial charge < -0.3 is 14.7 Å². The first-order valence-corrected chi connectivity index (χ1v) is 9.70. The molecule has 0 spiro atoms. The molecule has 4 heterocycles. The molecule has 140 valence electrons. The summed E-state index contributed by atoms with van der Waals surface area (Å²) in [6, 6.07) is 4.15. The molecule has 2 aromatic heterocycles. The van der Waals surface area contributed by atoms with Crippen molar-refractivity contribution >= 4 is 5.91 Å². The van der Waals surface area contributed by atoms with Crippen LogP contribution in [0, 0.1) is 6.92 Å². The van der Waals surface area contributed by atoms with Gasteiger partial charge in [0, 0.05) is 38.5 Å². The molecule has 0 bridgehead atoms. The Balaban J connectivity index is 1.40. The molecule has 7 heteroatoms. The number of fused-ring (bicyclic) bond motifs is 1. The van der Waals surface area contributed by atoms with E-state index in [2.05, 4.69) is 26.3 Å². The van der Waals surface area contributed by atoms with Gasteiger partial charge in [0.2, 0.25) is 5.91 Å². The van der Waals surface area contributed by atoms with E-state index in [1.165, 1.54) is 5.69 Å². The lowest BCUT2D eigenvalue weighted by molar-refractivity contribution is -0.135. The Hall–Kier alpha value is -2.15. The summed E-state index contributed by atoms with van der Waals surface area (Å²) in [5.41, 5.74) is 3.12. The Labute approximate surface area is 153 Å². The Bertz CT molecular complexity index is 742. The standard InChI is InChI=1S/C19H27N5O2/c1-14-11-17(22-26-14)18-5-2-3-9-23(18)19(25)7-6-15-12-16-13-20-8-4-10-24(16)21-15/h11-12,18,20H,2-10,13H2,1H3. The van der Waals surface area contributed by atoms with Crippen molar-refractivity contribution in [3.8, 4) is 0 Å². The largest absolute Gasteiger partial charge is 0.361 e. The number of aromatic nitrogens is 3. The minimum atomic E-state index is 0.0524. The molecule has 2 aliphatic heterocycles. The fraction of sp³-hybridized carbons (Fsp3) is 0.632. The Morgan fingerprint density at radius 1 is 1.31 bits per heavy atom. The highest BCUT2D eigenvalue weighted by atomic mass is 16.5. The number of piperidine rings is 1. The fourth-order valence-corrected chi connectivity index (χ4v) is 4.00. The number of nitrogens with one attached hydrogen (secondary N) is 1. The number of rotatable bonds is 4. The highest BCUT2D eigenvalue weighted by molar-refractivity contribution is 5.77. The van der Waals surface area contributed by atoms with Crippen LogP contribution in [0.3, 0.4) is 0 Å². The van der Waals surface area contributed by atoms with Crippen LogP contribution in [0.2, 0.25) is 0 Å². The summed E-state index contributed by atoms with van der Waals surface area (Å²) in [6.07, 6.45) is 5.43. The molecule has 0 aliphatic carbocycles. The normalized spacial score (nSPS) is 20.7. The number of aryl methyl sites for hydroxylation is 3. The van der Waals surface area contributed by atoms with Gasteiger partial charge >= 0.3 is 0 Å². The van der Waals surface area contributed by atoms with Crippen LogP contribution in [-0.4, -0.2) is 38.8 Å². The number of hydrogen-bond donors (Lipinski definition) is 1. The van der Waals surface area contributed by atoms with E-state index < -0.39 is 0 Å². The topological polar surface area (TPSA) is 76.2 Å². The second-order valence-corrected chi connectivity index (χ2v) is 7.34. The summed E-state index contributed by atoms with van der Waals surface area (Å²) in [5.74, 6) is 0.989. The Kier molecular flexibility index (Phi) is 5.06. The summed E-state index contributed by atoms with van der Waals surface area (Å²) in [4.78, 5) is 14.9. The molecule has 1 saturated heterocycles. The maximum Gasteiger partial charge on any atom is 0.223 e. The third-order valence-corrected chi connectivity index (χ3v) is 5.35. The lowest BCUT2D eigenvalue weighted by Crippen LogP contribution is -2.38. The zero-order chi connectivity index (χ0) is 17.9. The first-order chi connectivity index (χ1) is 12.7. The van der Waals surface area contributed by atoms with E-state index in [0.29, 0.717) is 12.8 Å². The van der Waals surface area contributed by atoms with E-state index in [0.717, 1.165) is 69.0 Å². The molecule has 1 unspecified atom stereocenters. The molecule has 7 nitrogen and oxygen atoms in total. The van der Waals surface area contributed by atoms with Gasteiger partial charge in [-0.2, -0.15) is 5.10 Å². The Morgan fingerprint density at radius 3 is 3.08 bits per heavy atom. The van der Waals surface area contributed by atoms with Crippen LogP contribution in [0.5, 0.6) is 0 Å². The maximum absolute atomic E-state index is 12.9. The lowest BCUT2D eigenvalue weighted by atomic mass is 9.98. The number of amides is 1. The van der Waals surface area contributed by atoms with E-state index in [9.17, 15) is 4.79 Å². The zero-order valence-corrected chi connectivity index (χ0v) is 15.4. The third kappa shape index (κ3) is 3.67. The van der Waals surface area contributed by atoms with Crippen LogP contribution < -0.4 is 5.32 Å². The van der Waals surface area contributed by atoms with Crippen LogP contribution in [0.25, 0.3) is 0 Å². The SMILES string of the molecule is Cc1cc(C2CCCCN2C(=O)CCc2cc3n(n2)CCCNC3)no1. The number of hydrogen-bond acceptors (Lipinski definition) is 5. The van der Waals surface area contributed by atoms with E-state index in [1.54, 1.807) is 0 Å². The molecule has 1 amide bonds. The van der Waals surface area contributed by atoms with E-state index >= 15 is 0 Å². The van der Waals surface area contributed by atoms with Gasteiger partial charge in [-0.25, -0.2) is 0 Å². The van der Waals surface area contributed by atoms with Gasteiger partial charge in [0.05, 0.1) is 17.4 Å². The minimum Gasteiger partial charge on any atom is -0.361 e. The molecule has 1 N–H and O–H groups in total. The van der Waals surface area contributed by atoms with Crippen molar-refractivity contribution in [3.05, 3.63) is 35.0 Å². The molecule has 1 fully saturated rings. The van der Waals surface area contributed by atoms with Crippen molar-refractivity contribution in [1.82, 2.24) is 25.2 Å². The van der Waals surface area contributed by atoms with Gasteiger partial charge in [-0.3, -0.25) is 9.48 Å². The van der Waals surface area contributed by atoms with Crippen LogP contribution in [-0.2, 0) is 24.3 Å². The van der Waals surface area contributed by atoms with E-state index in [1.807, 2.05) is 17.9 Å². The Morgan fingerprint density at radius 2 is 2.23 bits per heavy atom. The highest BCUT2D eigenvalue weighted by Gasteiger charge is 2.30. The van der Waals surface area contributed by atoms with Gasteiger partial charge in [-0.05, 0) is 45.2 Å². The van der Waals surface area contributed by atoms with Gasteiger partial charge in [0.25, 0.3) is 0 Å². The molecule has 1 atom stereocenters. The first-order valence-electron chi connectivity index (χ1n) is 9.70. The van der Waals surface area contributed by atoms with Gasteiger partial charge in [0.1, 0.15) is 11.5 Å². The molecule has 2 aromatic rings. The quantitative estimate of drug-likeness (QED) is 0.909. The van der Waals surface area contributed by atoms with E-state index in [4.69, 9.17) is 4.52 Å². The summed E-state index contributed by atoms with van der Waals surface area (Å²) in [7, 11) is 0. The molecule has 2 aliphatic rings. The van der Waals surface area contributed by atoms with Crippen LogP contribution in [0.15, 0.2) is 16.7 Å². The number of likely N-dealkylation sites (tertiary alicyclic amines) is 1. The summed E-state index contributed by atoms with van der Waals surface area (Å²) < 4.78 is 7.31. The van der Waals surface area contributed by atoms with Gasteiger partial charge in [-0.1, -0.05) is 5.16 Å². The van der Waals surface area contributed by atoms with Crippen LogP contribution in [0.1, 0.15) is 61.0 Å². The molecule has 0 saturated carbocycles. The molecule has 0 radical (unpaired) electrons. The van der Waals surface area contributed by atoms with Crippen molar-refractivity contribution < 1.29 is 9.32 Å². The number of nitrogens with zero attached hydrogens (tertiary/aromatic N) is 4. The van der Waals surface area contributed by atoms with E-state index in [-0.39, 0.29) is 11.9 Å². The zero-order valence-electron chi connectivity index (χ0n) is 15.4. The van der Waals surface area contributed by atoms with Crippen molar-refractivity contribution in [2.75, 3.05) is 13.1 Å². The van der Waals surface area contributed by atoms with Crippen LogP contribution >= 0.6 is 0 Å². The van der Waals surface area contributed by atoms with Crippen LogP contribution in [0.4, 0.5) is 0 Å². The van der Waals surface area contributed by atoms with Gasteiger partial charge in [0.15, 0.2) is 0 Å². The molecule has 4 rings (SSSR count). The first kappa shape index (κ1) is 17.3. The predicted octanol–water partition coefficient (Wildman–Crippen LogP) is 2.36. The monoisotopic (exact) mass is 357 g/mol. The molecular weight excluding hydrogens is 330 g/mol. The predicted molar refractivity (Wildman–Crippen MR) is 96.4 cm³/mol. The third-order valence-electron chi connectivity index (χ3n) is 5.35. The van der Waals surface area contributed by atoms with Crippen molar-refractivity contribution in [2.24, 2.45) is 0 Å². The minimum absolute atomic E-state index is 0.0524. The maximum atomic E-state index is 12.9. The number of carbonyl (C=O) groups excluding carboxylic acids is 1. The fourth-order valence-electron chi connectivity index (χ4n) is 4.00. The average Bonchev–Trinajstić information content (AvgIpc) is 3.20. The van der Waals surface area contributed by atoms with Gasteiger partial charge in [-0.15, -0.1) is 0 Å². The molecule has 0 aromatic carbocycles. The summed E-state index contributed by atoms with van der Waals surface area (Å²) in [6.45, 7) is 5.55. The van der Waals surface area contributed by atoms with Crippen molar-refractivity contribution in [1.29, 1.82) is 0 Å².